The van der Waals surface area contributed by atoms with E-state index in [0.717, 1.165) is 11.8 Å². The Morgan fingerprint density at radius 3 is 2.62 bits per heavy atom. The standard InChI is InChI=1S/C21H22N2O5S/c1-15-19(23-21(28-15)16-7-4-3-5-8-16)14-20(24)22-17-9-6-10-18(13-17)27-11-12-29(2,25)26/h3-10,13H,11-12,14H2,1-2H3,(H,22,24). The number of aromatic nitrogens is 1. The van der Waals surface area contributed by atoms with E-state index >= 15 is 0 Å². The molecule has 1 aromatic heterocycles. The molecule has 0 aliphatic carbocycles. The molecule has 0 aliphatic heterocycles. The van der Waals surface area contributed by atoms with Gasteiger partial charge in [-0.2, -0.15) is 0 Å². The van der Waals surface area contributed by atoms with Crippen LogP contribution in [0.2, 0.25) is 0 Å². The molecule has 0 saturated carbocycles. The van der Waals surface area contributed by atoms with Crippen LogP contribution in [0.25, 0.3) is 11.5 Å². The van der Waals surface area contributed by atoms with E-state index in [0.29, 0.717) is 28.8 Å². The fourth-order valence-electron chi connectivity index (χ4n) is 2.63. The van der Waals surface area contributed by atoms with Crippen LogP contribution in [0.15, 0.2) is 59.0 Å². The molecule has 8 heteroatoms. The second-order valence-corrected chi connectivity index (χ2v) is 8.88. The fraction of sp³-hybridized carbons (Fsp3) is 0.238. The summed E-state index contributed by atoms with van der Waals surface area (Å²) in [5.74, 6) is 1.24. The predicted octanol–water partition coefficient (Wildman–Crippen LogP) is 3.25. The minimum atomic E-state index is -3.09. The highest BCUT2D eigenvalue weighted by molar-refractivity contribution is 7.90. The fourth-order valence-corrected chi connectivity index (χ4v) is 3.01. The number of hydrogen-bond donors (Lipinski definition) is 1. The van der Waals surface area contributed by atoms with E-state index in [-0.39, 0.29) is 24.7 Å². The molecule has 2 aromatic carbocycles. The lowest BCUT2D eigenvalue weighted by Crippen LogP contribution is -2.15. The minimum absolute atomic E-state index is 0.0522. The lowest BCUT2D eigenvalue weighted by molar-refractivity contribution is -0.115. The van der Waals surface area contributed by atoms with Crippen LogP contribution in [0, 0.1) is 6.92 Å². The number of oxazole rings is 1. The quantitative estimate of drug-likeness (QED) is 0.608. The summed E-state index contributed by atoms with van der Waals surface area (Å²) in [6.45, 7) is 1.83. The minimum Gasteiger partial charge on any atom is -0.492 e. The third-order valence-electron chi connectivity index (χ3n) is 4.08. The zero-order chi connectivity index (χ0) is 20.9. The van der Waals surface area contributed by atoms with Gasteiger partial charge in [0.05, 0.1) is 17.9 Å². The van der Waals surface area contributed by atoms with Crippen molar-refractivity contribution in [2.24, 2.45) is 0 Å². The Hall–Kier alpha value is -3.13. The smallest absolute Gasteiger partial charge is 0.230 e. The first-order chi connectivity index (χ1) is 13.8. The van der Waals surface area contributed by atoms with E-state index in [4.69, 9.17) is 9.15 Å². The number of benzene rings is 2. The van der Waals surface area contributed by atoms with Crippen molar-refractivity contribution in [3.05, 3.63) is 66.1 Å². The average molecular weight is 414 g/mol. The first kappa shape index (κ1) is 20.6. The highest BCUT2D eigenvalue weighted by atomic mass is 32.2. The predicted molar refractivity (Wildman–Crippen MR) is 111 cm³/mol. The van der Waals surface area contributed by atoms with Crippen molar-refractivity contribution < 1.29 is 22.4 Å². The van der Waals surface area contributed by atoms with E-state index in [9.17, 15) is 13.2 Å². The van der Waals surface area contributed by atoms with Crippen LogP contribution >= 0.6 is 0 Å². The van der Waals surface area contributed by atoms with Crippen molar-refractivity contribution in [3.63, 3.8) is 0 Å². The Labute approximate surface area is 169 Å². The summed E-state index contributed by atoms with van der Waals surface area (Å²) < 4.78 is 33.5. The number of carbonyl (C=O) groups is 1. The molecule has 7 nitrogen and oxygen atoms in total. The van der Waals surface area contributed by atoms with Gasteiger partial charge in [-0.15, -0.1) is 0 Å². The summed E-state index contributed by atoms with van der Waals surface area (Å²) in [6.07, 6.45) is 1.23. The van der Waals surface area contributed by atoms with Gasteiger partial charge in [0.1, 0.15) is 18.1 Å². The van der Waals surface area contributed by atoms with Crippen LogP contribution < -0.4 is 10.1 Å². The van der Waals surface area contributed by atoms with E-state index in [1.165, 1.54) is 0 Å². The second kappa shape index (κ2) is 8.91. The number of rotatable bonds is 8. The van der Waals surface area contributed by atoms with Crippen molar-refractivity contribution in [2.75, 3.05) is 23.9 Å². The molecule has 1 amide bonds. The van der Waals surface area contributed by atoms with Gasteiger partial charge in [0.25, 0.3) is 0 Å². The van der Waals surface area contributed by atoms with Gasteiger partial charge in [0, 0.05) is 23.6 Å². The van der Waals surface area contributed by atoms with E-state index in [1.54, 1.807) is 31.2 Å². The molecule has 3 aromatic rings. The molecule has 29 heavy (non-hydrogen) atoms. The number of amides is 1. The summed E-state index contributed by atoms with van der Waals surface area (Å²) in [5.41, 5.74) is 1.97. The first-order valence-electron chi connectivity index (χ1n) is 9.02. The molecular weight excluding hydrogens is 392 g/mol. The lowest BCUT2D eigenvalue weighted by Gasteiger charge is -2.08. The third-order valence-corrected chi connectivity index (χ3v) is 4.99. The van der Waals surface area contributed by atoms with Gasteiger partial charge in [-0.1, -0.05) is 24.3 Å². The molecule has 1 N–H and O–H groups in total. The van der Waals surface area contributed by atoms with Gasteiger partial charge in [0.2, 0.25) is 11.8 Å². The SMILES string of the molecule is Cc1oc(-c2ccccc2)nc1CC(=O)Nc1cccc(OCCS(C)(=O)=O)c1. The number of aryl methyl sites for hydroxylation is 1. The van der Waals surface area contributed by atoms with Crippen molar-refractivity contribution in [1.82, 2.24) is 4.98 Å². The molecule has 0 radical (unpaired) electrons. The van der Waals surface area contributed by atoms with Gasteiger partial charge in [-0.05, 0) is 31.2 Å². The topological polar surface area (TPSA) is 98.5 Å². The maximum atomic E-state index is 12.4. The summed E-state index contributed by atoms with van der Waals surface area (Å²) in [6, 6.07) is 16.3. The molecule has 0 bridgehead atoms. The third kappa shape index (κ3) is 6.18. The molecule has 0 saturated heterocycles. The number of hydrogen-bond acceptors (Lipinski definition) is 6. The normalized spacial score (nSPS) is 11.2. The monoisotopic (exact) mass is 414 g/mol. The highest BCUT2D eigenvalue weighted by Crippen LogP contribution is 2.22. The molecular formula is C21H22N2O5S. The number of anilines is 1. The summed E-state index contributed by atoms with van der Waals surface area (Å²) in [5, 5.41) is 2.79. The highest BCUT2D eigenvalue weighted by Gasteiger charge is 2.15. The second-order valence-electron chi connectivity index (χ2n) is 6.62. The zero-order valence-corrected chi connectivity index (χ0v) is 17.0. The van der Waals surface area contributed by atoms with Crippen molar-refractivity contribution >= 4 is 21.4 Å². The zero-order valence-electron chi connectivity index (χ0n) is 16.2. The Balaban J connectivity index is 1.61. The van der Waals surface area contributed by atoms with Gasteiger partial charge in [-0.3, -0.25) is 4.79 Å². The van der Waals surface area contributed by atoms with E-state index in [2.05, 4.69) is 10.3 Å². The van der Waals surface area contributed by atoms with Gasteiger partial charge < -0.3 is 14.5 Å². The number of carbonyl (C=O) groups excluding carboxylic acids is 1. The summed E-state index contributed by atoms with van der Waals surface area (Å²) in [4.78, 5) is 16.9. The van der Waals surface area contributed by atoms with Gasteiger partial charge in [0.15, 0.2) is 9.84 Å². The Morgan fingerprint density at radius 1 is 1.14 bits per heavy atom. The van der Waals surface area contributed by atoms with Crippen LogP contribution in [0.4, 0.5) is 5.69 Å². The summed E-state index contributed by atoms with van der Waals surface area (Å²) >= 11 is 0. The Morgan fingerprint density at radius 2 is 1.90 bits per heavy atom. The van der Waals surface area contributed by atoms with E-state index < -0.39 is 9.84 Å². The number of ether oxygens (including phenoxy) is 1. The first-order valence-corrected chi connectivity index (χ1v) is 11.1. The molecule has 1 heterocycles. The molecule has 3 rings (SSSR count). The maximum Gasteiger partial charge on any atom is 0.230 e. The van der Waals surface area contributed by atoms with Crippen molar-refractivity contribution in [1.29, 1.82) is 0 Å². The lowest BCUT2D eigenvalue weighted by atomic mass is 10.2. The Bertz CT molecular complexity index is 1090. The molecule has 152 valence electrons. The van der Waals surface area contributed by atoms with E-state index in [1.807, 2.05) is 30.3 Å². The molecule has 0 aliphatic rings. The molecule has 0 fully saturated rings. The van der Waals surface area contributed by atoms with Crippen LogP contribution in [-0.2, 0) is 21.1 Å². The van der Waals surface area contributed by atoms with Gasteiger partial charge in [-0.25, -0.2) is 13.4 Å². The largest absolute Gasteiger partial charge is 0.492 e. The summed E-state index contributed by atoms with van der Waals surface area (Å²) in [7, 11) is -3.09. The van der Waals surface area contributed by atoms with Crippen LogP contribution in [0.5, 0.6) is 5.75 Å². The van der Waals surface area contributed by atoms with Crippen LogP contribution in [0.1, 0.15) is 11.5 Å². The van der Waals surface area contributed by atoms with Crippen molar-refractivity contribution in [3.8, 4) is 17.2 Å². The number of nitrogens with zero attached hydrogens (tertiary/aromatic N) is 1. The molecule has 0 atom stereocenters. The maximum absolute atomic E-state index is 12.4. The van der Waals surface area contributed by atoms with Crippen LogP contribution in [0.3, 0.4) is 0 Å². The Kier molecular flexibility index (Phi) is 6.33. The number of nitrogens with one attached hydrogen (secondary N) is 1. The van der Waals surface area contributed by atoms with Gasteiger partial charge >= 0.3 is 0 Å². The average Bonchev–Trinajstić information content (AvgIpc) is 3.02. The molecule has 0 unspecified atom stereocenters. The number of sulfone groups is 1. The molecule has 0 spiro atoms. The van der Waals surface area contributed by atoms with Crippen molar-refractivity contribution in [2.45, 2.75) is 13.3 Å². The van der Waals surface area contributed by atoms with Crippen LogP contribution in [-0.4, -0.2) is 37.9 Å².